The highest BCUT2D eigenvalue weighted by Gasteiger charge is 2.47. The monoisotopic (exact) mass is 434 g/mol. The summed E-state index contributed by atoms with van der Waals surface area (Å²) in [6.07, 6.45) is 3.25. The molecule has 3 unspecified atom stereocenters. The highest BCUT2D eigenvalue weighted by atomic mass is 32.2. The van der Waals surface area contributed by atoms with Gasteiger partial charge < -0.3 is 4.90 Å². The van der Waals surface area contributed by atoms with E-state index in [1.165, 1.54) is 12.1 Å². The van der Waals surface area contributed by atoms with Crippen LogP contribution < -0.4 is 4.72 Å². The van der Waals surface area contributed by atoms with Crippen LogP contribution >= 0.6 is 0 Å². The average molecular weight is 435 g/mol. The summed E-state index contributed by atoms with van der Waals surface area (Å²) in [7, 11) is -3.32. The maximum Gasteiger partial charge on any atom is 0.226 e. The molecule has 0 radical (unpaired) electrons. The zero-order valence-corrected chi connectivity index (χ0v) is 17.5. The zero-order valence-electron chi connectivity index (χ0n) is 16.6. The molecule has 1 aliphatic carbocycles. The Kier molecular flexibility index (Phi) is 5.63. The second-order valence-corrected chi connectivity index (χ2v) is 9.99. The van der Waals surface area contributed by atoms with Crippen molar-refractivity contribution in [3.05, 3.63) is 59.7 Å². The van der Waals surface area contributed by atoms with Crippen molar-refractivity contribution >= 4 is 15.9 Å². The molecule has 4 rings (SSSR count). The second-order valence-electron chi connectivity index (χ2n) is 8.21. The number of rotatable bonds is 5. The van der Waals surface area contributed by atoms with E-state index in [4.69, 9.17) is 0 Å². The number of hydrogen-bond acceptors (Lipinski definition) is 3. The van der Waals surface area contributed by atoms with E-state index in [9.17, 15) is 22.0 Å². The van der Waals surface area contributed by atoms with Crippen molar-refractivity contribution in [1.82, 2.24) is 9.62 Å². The lowest BCUT2D eigenvalue weighted by molar-refractivity contribution is -0.133. The summed E-state index contributed by atoms with van der Waals surface area (Å²) in [6.45, 7) is 0.979. The molecule has 2 aliphatic rings. The van der Waals surface area contributed by atoms with Crippen LogP contribution in [0.5, 0.6) is 0 Å². The topological polar surface area (TPSA) is 66.5 Å². The molecule has 1 saturated carbocycles. The van der Waals surface area contributed by atoms with Gasteiger partial charge in [-0.05, 0) is 54.0 Å². The first-order valence-electron chi connectivity index (χ1n) is 10.0. The standard InChI is InChI=1S/C22H24F2N2O3S/c1-30(28,29)25-17-5-4-8-26(13-17)22(27)21-12-20(21)19-7-3-2-6-18(19)14-9-15(23)11-16(24)10-14/h2-3,6-7,9-11,17,20-21,25H,4-5,8,12-13H2,1H3. The van der Waals surface area contributed by atoms with E-state index in [1.807, 2.05) is 24.3 Å². The zero-order chi connectivity index (χ0) is 21.5. The first kappa shape index (κ1) is 20.9. The fraction of sp³-hybridized carbons (Fsp3) is 0.409. The fourth-order valence-electron chi connectivity index (χ4n) is 4.41. The largest absolute Gasteiger partial charge is 0.341 e. The second kappa shape index (κ2) is 8.07. The lowest BCUT2D eigenvalue weighted by Crippen LogP contribution is -2.49. The van der Waals surface area contributed by atoms with Crippen LogP contribution in [0.1, 0.15) is 30.7 Å². The van der Waals surface area contributed by atoms with Crippen LogP contribution in [-0.2, 0) is 14.8 Å². The predicted octanol–water partition coefficient (Wildman–Crippen LogP) is 3.28. The van der Waals surface area contributed by atoms with Crippen molar-refractivity contribution in [2.24, 2.45) is 5.92 Å². The number of nitrogens with one attached hydrogen (secondary N) is 1. The van der Waals surface area contributed by atoms with E-state index in [1.54, 1.807) is 4.90 Å². The van der Waals surface area contributed by atoms with Crippen LogP contribution in [0.25, 0.3) is 11.1 Å². The Hall–Kier alpha value is -2.32. The molecule has 8 heteroatoms. The van der Waals surface area contributed by atoms with Crippen LogP contribution in [0.15, 0.2) is 42.5 Å². The summed E-state index contributed by atoms with van der Waals surface area (Å²) in [6, 6.07) is 10.6. The van der Waals surface area contributed by atoms with Crippen molar-refractivity contribution in [2.75, 3.05) is 19.3 Å². The van der Waals surface area contributed by atoms with Gasteiger partial charge in [-0.15, -0.1) is 0 Å². The van der Waals surface area contributed by atoms with Crippen molar-refractivity contribution in [1.29, 1.82) is 0 Å². The molecule has 2 fully saturated rings. The Morgan fingerprint density at radius 1 is 1.13 bits per heavy atom. The summed E-state index contributed by atoms with van der Waals surface area (Å²) < 4.78 is 53.0. The Bertz CT molecular complexity index is 1050. The van der Waals surface area contributed by atoms with Gasteiger partial charge in [0.15, 0.2) is 0 Å². The molecule has 2 aromatic rings. The third-order valence-corrected chi connectivity index (χ3v) is 6.52. The number of likely N-dealkylation sites (tertiary alicyclic amines) is 1. The quantitative estimate of drug-likeness (QED) is 0.786. The normalized spacial score (nSPS) is 24.0. The molecule has 1 amide bonds. The maximum atomic E-state index is 13.7. The maximum absolute atomic E-state index is 13.7. The summed E-state index contributed by atoms with van der Waals surface area (Å²) in [5.74, 6) is -1.47. The number of nitrogens with zero attached hydrogens (tertiary/aromatic N) is 1. The molecule has 160 valence electrons. The van der Waals surface area contributed by atoms with Gasteiger partial charge in [0.25, 0.3) is 0 Å². The molecular formula is C22H24F2N2O3S. The Morgan fingerprint density at radius 3 is 2.53 bits per heavy atom. The van der Waals surface area contributed by atoms with Gasteiger partial charge in [0.2, 0.25) is 15.9 Å². The summed E-state index contributed by atoms with van der Waals surface area (Å²) in [4.78, 5) is 14.8. The molecule has 3 atom stereocenters. The SMILES string of the molecule is CS(=O)(=O)NC1CCCN(C(=O)C2CC2c2ccccc2-c2cc(F)cc(F)c2)C1. The van der Waals surface area contributed by atoms with Crippen LogP contribution in [0.2, 0.25) is 0 Å². The van der Waals surface area contributed by atoms with Crippen molar-refractivity contribution in [3.63, 3.8) is 0 Å². The van der Waals surface area contributed by atoms with Gasteiger partial charge in [-0.2, -0.15) is 0 Å². The Labute approximate surface area is 175 Å². The minimum absolute atomic E-state index is 0.0109. The van der Waals surface area contributed by atoms with Crippen molar-refractivity contribution in [2.45, 2.75) is 31.2 Å². The third-order valence-electron chi connectivity index (χ3n) is 5.76. The van der Waals surface area contributed by atoms with E-state index in [-0.39, 0.29) is 23.8 Å². The van der Waals surface area contributed by atoms with E-state index in [2.05, 4.69) is 4.72 Å². The average Bonchev–Trinajstić information content (AvgIpc) is 3.46. The highest BCUT2D eigenvalue weighted by Crippen LogP contribution is 2.51. The number of benzene rings is 2. The Balaban J connectivity index is 1.50. The van der Waals surface area contributed by atoms with Gasteiger partial charge in [-0.1, -0.05) is 24.3 Å². The molecule has 30 heavy (non-hydrogen) atoms. The smallest absolute Gasteiger partial charge is 0.226 e. The predicted molar refractivity (Wildman–Crippen MR) is 110 cm³/mol. The first-order chi connectivity index (χ1) is 14.2. The van der Waals surface area contributed by atoms with Crippen LogP contribution in [0, 0.1) is 17.6 Å². The van der Waals surface area contributed by atoms with E-state index >= 15 is 0 Å². The van der Waals surface area contributed by atoms with Gasteiger partial charge in [-0.3, -0.25) is 4.79 Å². The molecule has 1 saturated heterocycles. The lowest BCUT2D eigenvalue weighted by atomic mass is 9.95. The molecule has 0 bridgehead atoms. The number of amides is 1. The van der Waals surface area contributed by atoms with Crippen molar-refractivity contribution < 1.29 is 22.0 Å². The number of carbonyl (C=O) groups is 1. The van der Waals surface area contributed by atoms with Gasteiger partial charge in [0.05, 0.1) is 6.26 Å². The molecule has 2 aromatic carbocycles. The van der Waals surface area contributed by atoms with Crippen LogP contribution in [-0.4, -0.2) is 44.6 Å². The molecular weight excluding hydrogens is 410 g/mol. The molecule has 0 spiro atoms. The molecule has 5 nitrogen and oxygen atoms in total. The molecule has 0 aromatic heterocycles. The highest BCUT2D eigenvalue weighted by molar-refractivity contribution is 7.88. The van der Waals surface area contributed by atoms with Gasteiger partial charge in [0.1, 0.15) is 11.6 Å². The summed E-state index contributed by atoms with van der Waals surface area (Å²) in [5, 5.41) is 0. The van der Waals surface area contributed by atoms with Crippen LogP contribution in [0.3, 0.4) is 0 Å². The number of piperidine rings is 1. The molecule has 1 N–H and O–H groups in total. The first-order valence-corrected chi connectivity index (χ1v) is 11.9. The number of carbonyl (C=O) groups excluding carboxylic acids is 1. The number of halogens is 2. The lowest BCUT2D eigenvalue weighted by Gasteiger charge is -2.33. The van der Waals surface area contributed by atoms with Gasteiger partial charge >= 0.3 is 0 Å². The van der Waals surface area contributed by atoms with Crippen molar-refractivity contribution in [3.8, 4) is 11.1 Å². The number of hydrogen-bond donors (Lipinski definition) is 1. The molecule has 1 aliphatic heterocycles. The van der Waals surface area contributed by atoms with E-state index < -0.39 is 21.7 Å². The van der Waals surface area contributed by atoms with E-state index in [0.29, 0.717) is 31.5 Å². The minimum Gasteiger partial charge on any atom is -0.341 e. The Morgan fingerprint density at radius 2 is 1.83 bits per heavy atom. The van der Waals surface area contributed by atoms with Gasteiger partial charge in [-0.25, -0.2) is 21.9 Å². The third kappa shape index (κ3) is 4.70. The molecule has 1 heterocycles. The van der Waals surface area contributed by atoms with Crippen LogP contribution in [0.4, 0.5) is 8.78 Å². The minimum atomic E-state index is -3.32. The fourth-order valence-corrected chi connectivity index (χ4v) is 5.21. The summed E-state index contributed by atoms with van der Waals surface area (Å²) >= 11 is 0. The van der Waals surface area contributed by atoms with E-state index in [0.717, 1.165) is 29.9 Å². The van der Waals surface area contributed by atoms with Gasteiger partial charge in [0, 0.05) is 31.1 Å². The number of sulfonamides is 1. The summed E-state index contributed by atoms with van der Waals surface area (Å²) in [5.41, 5.74) is 2.09.